The van der Waals surface area contributed by atoms with E-state index >= 15 is 0 Å². The maximum absolute atomic E-state index is 14.6. The second kappa shape index (κ2) is 10.1. The lowest BCUT2D eigenvalue weighted by Gasteiger charge is -2.47. The van der Waals surface area contributed by atoms with Gasteiger partial charge in [0.05, 0.1) is 29.6 Å². The first-order valence-corrected chi connectivity index (χ1v) is 15.8. The average Bonchev–Trinajstić information content (AvgIpc) is 3.58. The predicted molar refractivity (Wildman–Crippen MR) is 159 cm³/mol. The number of methoxy groups -OCH3 is 1. The summed E-state index contributed by atoms with van der Waals surface area (Å²) in [6, 6.07) is 9.42. The van der Waals surface area contributed by atoms with Crippen molar-refractivity contribution in [2.75, 3.05) is 12.4 Å². The van der Waals surface area contributed by atoms with Crippen molar-refractivity contribution in [3.8, 4) is 11.4 Å². The number of fused-ring (bicyclic) bond motifs is 5. The molecule has 3 aliphatic rings. The van der Waals surface area contributed by atoms with Gasteiger partial charge < -0.3 is 14.6 Å². The van der Waals surface area contributed by atoms with Crippen LogP contribution in [0.1, 0.15) is 31.2 Å². The van der Waals surface area contributed by atoms with Crippen molar-refractivity contribution < 1.29 is 22.3 Å². The molecule has 222 valence electrons. The van der Waals surface area contributed by atoms with Gasteiger partial charge in [0.15, 0.2) is 17.3 Å². The van der Waals surface area contributed by atoms with Crippen molar-refractivity contribution in [3.63, 3.8) is 0 Å². The molecule has 0 radical (unpaired) electrons. The van der Waals surface area contributed by atoms with Gasteiger partial charge in [-0.15, -0.1) is 0 Å². The second-order valence-corrected chi connectivity index (χ2v) is 13.4. The molecule has 0 amide bonds. The second-order valence-electron chi connectivity index (χ2n) is 11.6. The maximum Gasteiger partial charge on any atom is 0.311 e. The highest BCUT2D eigenvalue weighted by molar-refractivity contribution is 7.90. The molecule has 0 aliphatic heterocycles. The van der Waals surface area contributed by atoms with Gasteiger partial charge in [-0.3, -0.25) is 4.79 Å². The summed E-state index contributed by atoms with van der Waals surface area (Å²) < 4.78 is 50.3. The highest BCUT2D eigenvalue weighted by Gasteiger charge is 2.48. The van der Waals surface area contributed by atoms with Crippen LogP contribution in [-0.2, 0) is 26.6 Å². The molecule has 1 N–H and O–H groups in total. The molecule has 3 fully saturated rings. The third kappa shape index (κ3) is 4.46. The SMILES string of the molecule is COC(=O)C1C2CCC(CC2)C1Nc1nc(-c2cn(S(=O)(=O)c3ccc(C)cc3)c3ncc(F)cc23)nc2ccn(C)c12. The zero-order valence-corrected chi connectivity index (χ0v) is 24.8. The van der Waals surface area contributed by atoms with Crippen molar-refractivity contribution in [1.29, 1.82) is 0 Å². The number of halogens is 1. The highest BCUT2D eigenvalue weighted by Crippen LogP contribution is 2.47. The molecule has 4 aromatic heterocycles. The molecule has 2 unspecified atom stereocenters. The molecule has 0 spiro atoms. The van der Waals surface area contributed by atoms with Crippen LogP contribution in [0, 0.1) is 30.5 Å². The van der Waals surface area contributed by atoms with Crippen molar-refractivity contribution in [3.05, 3.63) is 66.4 Å². The number of pyridine rings is 1. The molecule has 4 heterocycles. The molecule has 3 aliphatic carbocycles. The molecule has 3 saturated carbocycles. The number of hydrogen-bond acceptors (Lipinski definition) is 8. The van der Waals surface area contributed by atoms with Crippen LogP contribution < -0.4 is 5.32 Å². The Bertz CT molecular complexity index is 1990. The van der Waals surface area contributed by atoms with Crippen molar-refractivity contribution in [1.82, 2.24) is 23.5 Å². The molecule has 0 saturated heterocycles. The molecular weight excluding hydrogens is 571 g/mol. The number of carbonyl (C=O) groups is 1. The van der Waals surface area contributed by atoms with Crippen molar-refractivity contribution in [2.24, 2.45) is 24.8 Å². The van der Waals surface area contributed by atoms with E-state index < -0.39 is 15.8 Å². The smallest absolute Gasteiger partial charge is 0.311 e. The number of carbonyl (C=O) groups excluding carboxylic acids is 1. The van der Waals surface area contributed by atoms with Gasteiger partial charge in [0, 0.05) is 36.4 Å². The number of anilines is 1. The molecule has 43 heavy (non-hydrogen) atoms. The Labute approximate surface area is 248 Å². The van der Waals surface area contributed by atoms with Crippen LogP contribution >= 0.6 is 0 Å². The largest absolute Gasteiger partial charge is 0.469 e. The summed E-state index contributed by atoms with van der Waals surface area (Å²) in [5, 5.41) is 3.86. The van der Waals surface area contributed by atoms with E-state index in [1.165, 1.54) is 31.5 Å². The molecular formula is C31H31FN6O4S. The quantitative estimate of drug-likeness (QED) is 0.268. The number of hydrogen-bond donors (Lipinski definition) is 1. The number of nitrogens with zero attached hydrogens (tertiary/aromatic N) is 5. The Morgan fingerprint density at radius 2 is 1.79 bits per heavy atom. The van der Waals surface area contributed by atoms with E-state index in [2.05, 4.69) is 10.3 Å². The lowest BCUT2D eigenvalue weighted by molar-refractivity contribution is -0.152. The van der Waals surface area contributed by atoms with Gasteiger partial charge in [-0.2, -0.15) is 0 Å². The van der Waals surface area contributed by atoms with Gasteiger partial charge in [-0.1, -0.05) is 17.7 Å². The number of aryl methyl sites for hydroxylation is 2. The van der Waals surface area contributed by atoms with E-state index in [1.807, 2.05) is 30.8 Å². The zero-order chi connectivity index (χ0) is 30.0. The van der Waals surface area contributed by atoms with Crippen LogP contribution in [0.15, 0.2) is 59.9 Å². The van der Waals surface area contributed by atoms with Gasteiger partial charge in [-0.25, -0.2) is 31.7 Å². The van der Waals surface area contributed by atoms with E-state index in [9.17, 15) is 17.6 Å². The third-order valence-electron chi connectivity index (χ3n) is 9.11. The minimum absolute atomic E-state index is 0.0681. The fraction of sp³-hybridized carbons (Fsp3) is 0.355. The first-order valence-electron chi connectivity index (χ1n) is 14.3. The van der Waals surface area contributed by atoms with Crippen molar-refractivity contribution >= 4 is 43.9 Å². The summed E-state index contributed by atoms with van der Waals surface area (Å²) in [6.45, 7) is 1.87. The van der Waals surface area contributed by atoms with E-state index in [4.69, 9.17) is 14.7 Å². The molecule has 5 aromatic rings. The van der Waals surface area contributed by atoms with Crippen LogP contribution in [0.5, 0.6) is 0 Å². The van der Waals surface area contributed by atoms with Gasteiger partial charge >= 0.3 is 5.97 Å². The monoisotopic (exact) mass is 602 g/mol. The van der Waals surface area contributed by atoms with E-state index in [0.29, 0.717) is 16.9 Å². The molecule has 10 nitrogen and oxygen atoms in total. The van der Waals surface area contributed by atoms with Crippen LogP contribution in [-0.4, -0.2) is 51.0 Å². The third-order valence-corrected chi connectivity index (χ3v) is 10.8. The molecule has 2 bridgehead atoms. The van der Waals surface area contributed by atoms with E-state index in [0.717, 1.165) is 46.9 Å². The summed E-state index contributed by atoms with van der Waals surface area (Å²) in [7, 11) is -0.760. The Hall–Kier alpha value is -4.32. The summed E-state index contributed by atoms with van der Waals surface area (Å²) in [5.41, 5.74) is 2.67. The number of esters is 1. The Morgan fingerprint density at radius 1 is 1.07 bits per heavy atom. The summed E-state index contributed by atoms with van der Waals surface area (Å²) >= 11 is 0. The van der Waals surface area contributed by atoms with Gasteiger partial charge in [0.25, 0.3) is 10.0 Å². The Balaban J connectivity index is 1.39. The van der Waals surface area contributed by atoms with Crippen LogP contribution in [0.3, 0.4) is 0 Å². The minimum Gasteiger partial charge on any atom is -0.469 e. The standard InChI is InChI=1S/C31H31FN6O4S/c1-17-4-10-21(11-5-17)43(40,41)38-16-23(22-14-20(32)15-33-30(22)38)28-34-24-12-13-37(2)27(24)29(36-28)35-26-19-8-6-18(7-9-19)25(26)31(39)42-3/h4-5,10-16,18-19,25-26H,6-9H2,1-3H3,(H,34,35,36). The highest BCUT2D eigenvalue weighted by atomic mass is 32.2. The fourth-order valence-corrected chi connectivity index (χ4v) is 8.27. The number of ether oxygens (including phenoxy) is 1. The Morgan fingerprint density at radius 3 is 2.51 bits per heavy atom. The normalized spacial score (nSPS) is 21.9. The van der Waals surface area contributed by atoms with Crippen molar-refractivity contribution in [2.45, 2.75) is 43.5 Å². The molecule has 12 heteroatoms. The minimum atomic E-state index is -4.07. The fourth-order valence-electron chi connectivity index (χ4n) is 6.94. The summed E-state index contributed by atoms with van der Waals surface area (Å²) in [6.07, 6.45) is 8.27. The van der Waals surface area contributed by atoms with Gasteiger partial charge in [-0.05, 0) is 68.7 Å². The topological polar surface area (TPSA) is 121 Å². The van der Waals surface area contributed by atoms with Crippen LogP contribution in [0.4, 0.5) is 10.2 Å². The lowest BCUT2D eigenvalue weighted by Crippen LogP contribution is -2.51. The number of benzene rings is 1. The van der Waals surface area contributed by atoms with Gasteiger partial charge in [0.1, 0.15) is 11.3 Å². The predicted octanol–water partition coefficient (Wildman–Crippen LogP) is 5.06. The maximum atomic E-state index is 14.6. The molecule has 8 rings (SSSR count). The van der Waals surface area contributed by atoms with E-state index in [1.54, 1.807) is 12.1 Å². The number of rotatable bonds is 6. The van der Waals surface area contributed by atoms with Gasteiger partial charge in [0.2, 0.25) is 0 Å². The zero-order valence-electron chi connectivity index (χ0n) is 24.0. The summed E-state index contributed by atoms with van der Waals surface area (Å²) in [5.74, 6) is 0.110. The average molecular weight is 603 g/mol. The lowest BCUT2D eigenvalue weighted by atomic mass is 9.61. The first kappa shape index (κ1) is 27.5. The molecule has 1 aromatic carbocycles. The number of aromatic nitrogens is 5. The first-order chi connectivity index (χ1) is 20.7. The van der Waals surface area contributed by atoms with Crippen LogP contribution in [0.2, 0.25) is 0 Å². The number of nitrogens with one attached hydrogen (secondary N) is 1. The summed E-state index contributed by atoms with van der Waals surface area (Å²) in [4.78, 5) is 26.9. The molecule has 2 atom stereocenters. The Kier molecular flexibility index (Phi) is 6.49. The van der Waals surface area contributed by atoms with Crippen LogP contribution in [0.25, 0.3) is 33.5 Å². The van der Waals surface area contributed by atoms with E-state index in [-0.39, 0.29) is 51.5 Å².